The van der Waals surface area contributed by atoms with E-state index in [0.717, 1.165) is 55.0 Å². The highest BCUT2D eigenvalue weighted by Crippen LogP contribution is 2.50. The molecule has 0 radical (unpaired) electrons. The first-order valence-electron chi connectivity index (χ1n) is 33.0. The van der Waals surface area contributed by atoms with Crippen LogP contribution in [0.5, 0.6) is 0 Å². The molecular weight excluding hydrogens is 1160 g/mol. The van der Waals surface area contributed by atoms with Crippen molar-refractivity contribution in [3.63, 3.8) is 0 Å². The number of rotatable bonds is 7. The van der Waals surface area contributed by atoms with Gasteiger partial charge in [0, 0.05) is 32.7 Å². The molecule has 20 rings (SSSR count). The zero-order chi connectivity index (χ0) is 63.2. The molecule has 96 heavy (non-hydrogen) atoms. The number of hydrogen-bond acceptors (Lipinski definition) is 2. The molecule has 18 aromatic carbocycles. The molecule has 0 aliphatic rings. The lowest BCUT2D eigenvalue weighted by atomic mass is 9.84. The van der Waals surface area contributed by atoms with Crippen LogP contribution in [0.1, 0.15) is 0 Å². The highest BCUT2D eigenvalue weighted by atomic mass is 16.3. The minimum Gasteiger partial charge on any atom is -0.456 e. The van der Waals surface area contributed by atoms with E-state index in [9.17, 15) is 0 Å². The smallest absolute Gasteiger partial charge is 0.143 e. The van der Waals surface area contributed by atoms with E-state index in [1.54, 1.807) is 0 Å². The van der Waals surface area contributed by atoms with Crippen LogP contribution in [0, 0.1) is 0 Å². The molecule has 0 saturated carbocycles. The average molecular weight is 1220 g/mol. The Morgan fingerprint density at radius 1 is 0.146 bits per heavy atom. The summed E-state index contributed by atoms with van der Waals surface area (Å²) in [5.41, 5.74) is 20.7. The van der Waals surface area contributed by atoms with Gasteiger partial charge in [-0.05, 0) is 191 Å². The molecule has 0 N–H and O–H groups in total. The maximum atomic E-state index is 6.56. The first-order valence-corrected chi connectivity index (χ1v) is 33.0. The van der Waals surface area contributed by atoms with Gasteiger partial charge < -0.3 is 8.83 Å². The summed E-state index contributed by atoms with van der Waals surface area (Å²) in [6, 6.07) is 127. The van der Waals surface area contributed by atoms with Gasteiger partial charge in [-0.25, -0.2) is 0 Å². The van der Waals surface area contributed by atoms with E-state index in [4.69, 9.17) is 8.83 Å². The summed E-state index contributed by atoms with van der Waals surface area (Å²) in [6.45, 7) is 0. The molecule has 446 valence electrons. The van der Waals surface area contributed by atoms with Crippen molar-refractivity contribution < 1.29 is 8.83 Å². The summed E-state index contributed by atoms with van der Waals surface area (Å²) in [4.78, 5) is 0. The Bertz CT molecular complexity index is 6410. The number of benzene rings is 18. The van der Waals surface area contributed by atoms with Gasteiger partial charge in [0.15, 0.2) is 0 Å². The second kappa shape index (κ2) is 22.6. The third kappa shape index (κ3) is 9.10. The molecule has 2 heterocycles. The predicted octanol–water partition coefficient (Wildman–Crippen LogP) is 26.9. The standard InChI is InChI=1S/C52H32O.C42H26O/c1-2-12-35-29-38(25-23-33(35)11-1)36-14-9-15-37(30-36)39-26-24-34-13-10-21-47(48(34)31-39)52-45-19-5-3-17-43(45)51(44-18-4-6-20-46(44)52)40-27-28-42-41-16-7-8-22-49(41)53-50(42)32-40;1-2-12-27(13-3-1)29-25-24-28-14-10-20-35(38(28)26-29)40-31-16-4-6-18-33(31)41(34-19-7-5-17-32(34)40)37-22-11-21-36-30-15-8-9-23-39(30)43-42(36)37/h1-32H;1-26H. The molecule has 0 unspecified atom stereocenters. The third-order valence-electron chi connectivity index (χ3n) is 19.9. The van der Waals surface area contributed by atoms with Crippen LogP contribution in [0.3, 0.4) is 0 Å². The van der Waals surface area contributed by atoms with Gasteiger partial charge >= 0.3 is 0 Å². The van der Waals surface area contributed by atoms with Crippen LogP contribution in [-0.4, -0.2) is 0 Å². The van der Waals surface area contributed by atoms with Crippen molar-refractivity contribution >= 4 is 119 Å². The topological polar surface area (TPSA) is 26.3 Å². The number of fused-ring (bicyclic) bond motifs is 13. The van der Waals surface area contributed by atoms with Gasteiger partial charge in [-0.3, -0.25) is 0 Å². The first kappa shape index (κ1) is 55.1. The molecule has 20 aromatic rings. The molecule has 0 atom stereocenters. The van der Waals surface area contributed by atoms with E-state index in [2.05, 4.69) is 334 Å². The average Bonchev–Trinajstić information content (AvgIpc) is 0.949. The highest BCUT2D eigenvalue weighted by Gasteiger charge is 2.23. The molecule has 2 heteroatoms. The van der Waals surface area contributed by atoms with E-state index in [1.807, 2.05) is 18.2 Å². The fraction of sp³-hybridized carbons (Fsp3) is 0. The molecule has 0 aliphatic carbocycles. The third-order valence-corrected chi connectivity index (χ3v) is 19.9. The van der Waals surface area contributed by atoms with Gasteiger partial charge in [-0.15, -0.1) is 0 Å². The Morgan fingerprint density at radius 3 is 1.07 bits per heavy atom. The van der Waals surface area contributed by atoms with Crippen molar-refractivity contribution in [2.24, 2.45) is 0 Å². The van der Waals surface area contributed by atoms with E-state index >= 15 is 0 Å². The van der Waals surface area contributed by atoms with Crippen LogP contribution in [0.4, 0.5) is 0 Å². The zero-order valence-corrected chi connectivity index (χ0v) is 52.3. The van der Waals surface area contributed by atoms with Crippen LogP contribution in [0.15, 0.2) is 361 Å². The van der Waals surface area contributed by atoms with Crippen molar-refractivity contribution in [1.82, 2.24) is 0 Å². The van der Waals surface area contributed by atoms with Crippen LogP contribution < -0.4 is 0 Å². The van der Waals surface area contributed by atoms with Crippen LogP contribution in [0.25, 0.3) is 197 Å². The fourth-order valence-electron chi connectivity index (χ4n) is 15.5. The lowest BCUT2D eigenvalue weighted by molar-refractivity contribution is 0.669. The molecule has 2 aromatic heterocycles. The van der Waals surface area contributed by atoms with E-state index in [-0.39, 0.29) is 0 Å². The molecule has 0 bridgehead atoms. The summed E-state index contributed by atoms with van der Waals surface area (Å²) in [5, 5.41) is 21.9. The maximum Gasteiger partial charge on any atom is 0.143 e. The zero-order valence-electron chi connectivity index (χ0n) is 52.3. The van der Waals surface area contributed by atoms with Crippen LogP contribution in [0.2, 0.25) is 0 Å². The molecule has 0 aliphatic heterocycles. The summed E-state index contributed by atoms with van der Waals surface area (Å²) >= 11 is 0. The van der Waals surface area contributed by atoms with Crippen molar-refractivity contribution in [2.75, 3.05) is 0 Å². The Hall–Kier alpha value is -12.6. The van der Waals surface area contributed by atoms with Crippen molar-refractivity contribution in [2.45, 2.75) is 0 Å². The molecule has 0 saturated heterocycles. The minimum atomic E-state index is 0.909. The van der Waals surface area contributed by atoms with Gasteiger partial charge in [-0.1, -0.05) is 303 Å². The largest absolute Gasteiger partial charge is 0.456 e. The lowest BCUT2D eigenvalue weighted by Gasteiger charge is -2.19. The van der Waals surface area contributed by atoms with Gasteiger partial charge in [0.25, 0.3) is 0 Å². The second-order valence-corrected chi connectivity index (χ2v) is 25.3. The van der Waals surface area contributed by atoms with Gasteiger partial charge in [-0.2, -0.15) is 0 Å². The first-order chi connectivity index (χ1) is 47.6. The monoisotopic (exact) mass is 1220 g/mol. The summed E-state index contributed by atoms with van der Waals surface area (Å²) in [7, 11) is 0. The Kier molecular flexibility index (Phi) is 13.0. The predicted molar refractivity (Wildman–Crippen MR) is 408 cm³/mol. The summed E-state index contributed by atoms with van der Waals surface area (Å²) in [6.07, 6.45) is 0. The minimum absolute atomic E-state index is 0.909. The van der Waals surface area contributed by atoms with Crippen LogP contribution >= 0.6 is 0 Å². The SMILES string of the molecule is c1cc(-c2ccc3ccccc3c2)cc(-c2ccc3cccc(-c4c5ccccc5c(-c5ccc6c(c5)oc5ccccc56)c5ccccc45)c3c2)c1.c1ccc(-c2ccc3cccc(-c4c5ccccc5c(-c5cccc6c5oc5ccccc56)c5ccccc45)c3c2)cc1. The maximum absolute atomic E-state index is 6.56. The summed E-state index contributed by atoms with van der Waals surface area (Å²) in [5.74, 6) is 0. The Morgan fingerprint density at radius 2 is 0.500 bits per heavy atom. The van der Waals surface area contributed by atoms with Gasteiger partial charge in [0.1, 0.15) is 22.3 Å². The normalized spacial score (nSPS) is 11.8. The van der Waals surface area contributed by atoms with Crippen molar-refractivity contribution in [3.8, 4) is 77.9 Å². The highest BCUT2D eigenvalue weighted by molar-refractivity contribution is 6.27. The number of para-hydroxylation sites is 3. The Labute approximate surface area is 554 Å². The molecular formula is C94H58O2. The fourth-order valence-corrected chi connectivity index (χ4v) is 15.5. The van der Waals surface area contributed by atoms with Gasteiger partial charge in [0.05, 0.1) is 0 Å². The van der Waals surface area contributed by atoms with Gasteiger partial charge in [0.2, 0.25) is 0 Å². The van der Waals surface area contributed by atoms with Crippen LogP contribution in [-0.2, 0) is 0 Å². The molecule has 2 nitrogen and oxygen atoms in total. The molecule has 0 fully saturated rings. The Balaban J connectivity index is 0.000000138. The van der Waals surface area contributed by atoms with E-state index < -0.39 is 0 Å². The lowest BCUT2D eigenvalue weighted by Crippen LogP contribution is -1.92. The second-order valence-electron chi connectivity index (χ2n) is 25.3. The molecule has 0 spiro atoms. The van der Waals surface area contributed by atoms with E-state index in [1.165, 1.54) is 142 Å². The number of hydrogen-bond donors (Lipinski definition) is 0. The van der Waals surface area contributed by atoms with E-state index in [0.29, 0.717) is 0 Å². The number of furan rings is 2. The van der Waals surface area contributed by atoms with Crippen molar-refractivity contribution in [1.29, 1.82) is 0 Å². The quantitative estimate of drug-likeness (QED) is 0.149. The summed E-state index contributed by atoms with van der Waals surface area (Å²) < 4.78 is 12.9. The van der Waals surface area contributed by atoms with Crippen molar-refractivity contribution in [3.05, 3.63) is 352 Å². The molecule has 0 amide bonds.